The number of amides is 2. The molecule has 1 aromatic heterocycles. The number of halogens is 2. The van der Waals surface area contributed by atoms with Crippen LogP contribution in [-0.2, 0) is 25.5 Å². The van der Waals surface area contributed by atoms with E-state index in [0.717, 1.165) is 6.42 Å². The fraction of sp³-hybridized carbons (Fsp3) is 0.333. The molecular weight excluding hydrogens is 453 g/mol. The van der Waals surface area contributed by atoms with Gasteiger partial charge in [0.05, 0.1) is 17.8 Å². The van der Waals surface area contributed by atoms with E-state index in [0.29, 0.717) is 28.3 Å². The summed E-state index contributed by atoms with van der Waals surface area (Å²) in [5, 5.41) is 4.62. The first-order chi connectivity index (χ1) is 13.3. The summed E-state index contributed by atoms with van der Waals surface area (Å²) in [5.41, 5.74) is 0.465. The fourth-order valence-electron chi connectivity index (χ4n) is 2.62. The topological polar surface area (TPSA) is 88.6 Å². The van der Waals surface area contributed by atoms with Gasteiger partial charge >= 0.3 is 5.97 Å². The molecule has 1 saturated heterocycles. The molecule has 1 fully saturated rings. The van der Waals surface area contributed by atoms with Crippen molar-refractivity contribution in [2.45, 2.75) is 32.3 Å². The van der Waals surface area contributed by atoms with Crippen LogP contribution < -0.4 is 10.2 Å². The van der Waals surface area contributed by atoms with Crippen LogP contribution in [0.3, 0.4) is 0 Å². The Morgan fingerprint density at radius 1 is 1.46 bits per heavy atom. The van der Waals surface area contributed by atoms with E-state index in [-0.39, 0.29) is 18.0 Å². The average molecular weight is 470 g/mol. The van der Waals surface area contributed by atoms with Crippen LogP contribution in [0.15, 0.2) is 28.1 Å². The van der Waals surface area contributed by atoms with E-state index in [1.807, 2.05) is 0 Å². The molecule has 1 aromatic carbocycles. The summed E-state index contributed by atoms with van der Waals surface area (Å²) in [6, 6.07) is 4.21. The number of nitrogens with zero attached hydrogens (tertiary/aromatic N) is 2. The monoisotopic (exact) mass is 469 g/mol. The minimum atomic E-state index is -1.10. The number of hydrogen-bond donors (Lipinski definition) is 1. The molecule has 0 radical (unpaired) electrons. The van der Waals surface area contributed by atoms with Gasteiger partial charge in [0.2, 0.25) is 5.91 Å². The zero-order valence-corrected chi connectivity index (χ0v) is 17.3. The van der Waals surface area contributed by atoms with E-state index < -0.39 is 23.8 Å². The lowest BCUT2D eigenvalue weighted by Gasteiger charge is -2.14. The largest absolute Gasteiger partial charge is 0.452 e. The van der Waals surface area contributed by atoms with Crippen LogP contribution in [0.2, 0.25) is 0 Å². The predicted octanol–water partition coefficient (Wildman–Crippen LogP) is 3.28. The number of ether oxygens (including phenoxy) is 1. The number of nitrogens with one attached hydrogen (secondary N) is 1. The maximum atomic E-state index is 13.8. The van der Waals surface area contributed by atoms with Gasteiger partial charge < -0.3 is 10.1 Å². The normalized spacial score (nSPS) is 14.8. The minimum Gasteiger partial charge on any atom is -0.452 e. The molecule has 0 bridgehead atoms. The van der Waals surface area contributed by atoms with Gasteiger partial charge in [-0.3, -0.25) is 19.3 Å². The van der Waals surface area contributed by atoms with Gasteiger partial charge in [0.1, 0.15) is 5.82 Å². The average Bonchev–Trinajstić information content (AvgIpc) is 3.25. The van der Waals surface area contributed by atoms with Gasteiger partial charge in [-0.25, -0.2) is 9.37 Å². The third kappa shape index (κ3) is 4.93. The molecular formula is C18H17BrFN3O4S. The zero-order valence-electron chi connectivity index (χ0n) is 14.9. The number of rotatable bonds is 6. The van der Waals surface area contributed by atoms with Gasteiger partial charge in [0, 0.05) is 22.8 Å². The van der Waals surface area contributed by atoms with Crippen molar-refractivity contribution >= 4 is 55.9 Å². The number of hydrogen-bond acceptors (Lipinski definition) is 6. The molecule has 0 spiro atoms. The lowest BCUT2D eigenvalue weighted by atomic mass is 10.3. The number of esters is 1. The van der Waals surface area contributed by atoms with E-state index in [1.165, 1.54) is 30.4 Å². The Morgan fingerprint density at radius 2 is 2.25 bits per heavy atom. The Bertz CT molecular complexity index is 920. The highest BCUT2D eigenvalue weighted by Crippen LogP contribution is 2.25. The maximum absolute atomic E-state index is 13.8. The van der Waals surface area contributed by atoms with E-state index in [9.17, 15) is 18.8 Å². The van der Waals surface area contributed by atoms with Gasteiger partial charge in [0.25, 0.3) is 5.91 Å². The highest BCUT2D eigenvalue weighted by atomic mass is 79.9. The van der Waals surface area contributed by atoms with Gasteiger partial charge in [-0.15, -0.1) is 11.3 Å². The SMILES string of the molecule is CC(OC(=O)Cc1csc(N2CCCC2=O)n1)C(=O)Nc1ccc(Br)cc1F. The lowest BCUT2D eigenvalue weighted by Crippen LogP contribution is -2.30. The van der Waals surface area contributed by atoms with Crippen molar-refractivity contribution in [1.29, 1.82) is 0 Å². The summed E-state index contributed by atoms with van der Waals surface area (Å²) in [6.45, 7) is 2.03. The van der Waals surface area contributed by atoms with Gasteiger partial charge in [-0.05, 0) is 31.5 Å². The number of carbonyl (C=O) groups is 3. The second kappa shape index (κ2) is 8.78. The molecule has 148 valence electrons. The molecule has 1 N–H and O–H groups in total. The Kier molecular flexibility index (Phi) is 6.40. The first-order valence-corrected chi connectivity index (χ1v) is 10.2. The summed E-state index contributed by atoms with van der Waals surface area (Å²) in [4.78, 5) is 41.9. The second-order valence-corrected chi connectivity index (χ2v) is 7.94. The molecule has 1 aliphatic heterocycles. The van der Waals surface area contributed by atoms with E-state index in [1.54, 1.807) is 16.3 Å². The Labute approximate surface area is 173 Å². The molecule has 1 unspecified atom stereocenters. The van der Waals surface area contributed by atoms with Gasteiger partial charge in [-0.2, -0.15) is 0 Å². The van der Waals surface area contributed by atoms with Crippen LogP contribution in [0.25, 0.3) is 0 Å². The van der Waals surface area contributed by atoms with E-state index in [4.69, 9.17) is 4.74 Å². The highest BCUT2D eigenvalue weighted by Gasteiger charge is 2.25. The van der Waals surface area contributed by atoms with Crippen LogP contribution in [-0.4, -0.2) is 35.4 Å². The lowest BCUT2D eigenvalue weighted by molar-refractivity contribution is -0.152. The first kappa shape index (κ1) is 20.4. The number of benzene rings is 1. The number of carbonyl (C=O) groups excluding carboxylic acids is 3. The van der Waals surface area contributed by atoms with Crippen molar-refractivity contribution < 1.29 is 23.5 Å². The minimum absolute atomic E-state index is 0.00415. The smallest absolute Gasteiger partial charge is 0.312 e. The van der Waals surface area contributed by atoms with Crippen molar-refractivity contribution in [2.75, 3.05) is 16.8 Å². The summed E-state index contributed by atoms with van der Waals surface area (Å²) in [6.07, 6.45) is 0.0704. The third-order valence-electron chi connectivity index (χ3n) is 4.04. The molecule has 1 atom stereocenters. The van der Waals surface area contributed by atoms with Crippen LogP contribution in [0, 0.1) is 5.82 Å². The molecule has 28 heavy (non-hydrogen) atoms. The van der Waals surface area contributed by atoms with Crippen LogP contribution in [0.4, 0.5) is 15.2 Å². The summed E-state index contributed by atoms with van der Waals surface area (Å²) in [7, 11) is 0. The molecule has 2 heterocycles. The quantitative estimate of drug-likeness (QED) is 0.655. The van der Waals surface area contributed by atoms with Crippen LogP contribution in [0.1, 0.15) is 25.5 Å². The highest BCUT2D eigenvalue weighted by molar-refractivity contribution is 9.10. The second-order valence-electron chi connectivity index (χ2n) is 6.19. The Hall–Kier alpha value is -2.33. The molecule has 3 rings (SSSR count). The summed E-state index contributed by atoms with van der Waals surface area (Å²) >= 11 is 4.42. The number of thiazole rings is 1. The predicted molar refractivity (Wildman–Crippen MR) is 106 cm³/mol. The van der Waals surface area contributed by atoms with Crippen molar-refractivity contribution in [3.63, 3.8) is 0 Å². The molecule has 0 saturated carbocycles. The maximum Gasteiger partial charge on any atom is 0.312 e. The van der Waals surface area contributed by atoms with Crippen molar-refractivity contribution in [3.05, 3.63) is 39.6 Å². The number of aromatic nitrogens is 1. The molecule has 7 nitrogen and oxygen atoms in total. The Morgan fingerprint density at radius 3 is 2.93 bits per heavy atom. The molecule has 10 heteroatoms. The first-order valence-electron chi connectivity index (χ1n) is 8.53. The van der Waals surface area contributed by atoms with Crippen LogP contribution >= 0.6 is 27.3 Å². The summed E-state index contributed by atoms with van der Waals surface area (Å²) in [5.74, 6) is -1.86. The fourth-order valence-corrected chi connectivity index (χ4v) is 3.82. The zero-order chi connectivity index (χ0) is 20.3. The molecule has 2 aromatic rings. The number of anilines is 2. The van der Waals surface area contributed by atoms with Crippen molar-refractivity contribution in [2.24, 2.45) is 0 Å². The molecule has 1 aliphatic rings. The van der Waals surface area contributed by atoms with E-state index >= 15 is 0 Å². The van der Waals surface area contributed by atoms with Gasteiger partial charge in [-0.1, -0.05) is 15.9 Å². The molecule has 0 aliphatic carbocycles. The van der Waals surface area contributed by atoms with Crippen LogP contribution in [0.5, 0.6) is 0 Å². The van der Waals surface area contributed by atoms with E-state index in [2.05, 4.69) is 26.2 Å². The van der Waals surface area contributed by atoms with Crippen molar-refractivity contribution in [3.8, 4) is 0 Å². The third-order valence-corrected chi connectivity index (χ3v) is 5.44. The van der Waals surface area contributed by atoms with Gasteiger partial charge in [0.15, 0.2) is 11.2 Å². The standard InChI is InChI=1S/C18H17BrFN3O4S/c1-10(17(26)22-14-5-4-11(19)7-13(14)20)27-16(25)8-12-9-28-18(21-12)23-6-2-3-15(23)24/h4-5,7,9-10H,2-3,6,8H2,1H3,(H,22,26). The Balaban J connectivity index is 1.53. The summed E-state index contributed by atoms with van der Waals surface area (Å²) < 4.78 is 19.4. The van der Waals surface area contributed by atoms with Crippen molar-refractivity contribution in [1.82, 2.24) is 4.98 Å². The molecule has 2 amide bonds.